The zero-order valence-corrected chi connectivity index (χ0v) is 17.7. The number of furan rings is 1. The lowest BCUT2D eigenvalue weighted by molar-refractivity contribution is 0.102. The maximum absolute atomic E-state index is 12.9. The minimum Gasteiger partial charge on any atom is -0.461 e. The van der Waals surface area contributed by atoms with Gasteiger partial charge in [0.15, 0.2) is 16.7 Å². The molecule has 4 rings (SSSR count). The van der Waals surface area contributed by atoms with Crippen molar-refractivity contribution in [2.75, 3.05) is 11.6 Å². The summed E-state index contributed by atoms with van der Waals surface area (Å²) in [6.45, 7) is 3.84. The molecule has 3 aromatic heterocycles. The fourth-order valence-corrected chi connectivity index (χ4v) is 4.16. The molecule has 0 fully saturated rings. The second-order valence-electron chi connectivity index (χ2n) is 6.35. The van der Waals surface area contributed by atoms with Gasteiger partial charge in [-0.05, 0) is 32.2 Å². The van der Waals surface area contributed by atoms with Crippen LogP contribution in [0, 0.1) is 13.8 Å². The summed E-state index contributed by atoms with van der Waals surface area (Å²) >= 11 is 2.78. The van der Waals surface area contributed by atoms with E-state index in [1.54, 1.807) is 25.3 Å². The largest absolute Gasteiger partial charge is 0.461 e. The first-order valence-corrected chi connectivity index (χ1v) is 11.0. The Morgan fingerprint density at radius 3 is 2.59 bits per heavy atom. The number of amides is 1. The summed E-state index contributed by atoms with van der Waals surface area (Å²) in [7, 11) is 0. The number of carbonyl (C=O) groups is 1. The number of nitrogens with one attached hydrogen (secondary N) is 1. The summed E-state index contributed by atoms with van der Waals surface area (Å²) in [5.74, 6) is 0.755. The normalized spacial score (nSPS) is 10.9. The summed E-state index contributed by atoms with van der Waals surface area (Å²) in [5.41, 5.74) is 4.06. The highest BCUT2D eigenvalue weighted by Crippen LogP contribution is 2.28. The van der Waals surface area contributed by atoms with Crippen LogP contribution in [0.2, 0.25) is 0 Å². The van der Waals surface area contributed by atoms with Crippen LogP contribution >= 0.6 is 23.1 Å². The molecule has 0 aliphatic rings. The van der Waals surface area contributed by atoms with Gasteiger partial charge in [-0.15, -0.1) is 23.1 Å². The number of anilines is 1. The second kappa shape index (κ2) is 8.18. The number of aromatic nitrogens is 3. The van der Waals surface area contributed by atoms with Gasteiger partial charge >= 0.3 is 0 Å². The van der Waals surface area contributed by atoms with Crippen molar-refractivity contribution in [3.8, 4) is 22.8 Å². The molecule has 0 saturated heterocycles. The Hall–Kier alpha value is -2.97. The first-order valence-electron chi connectivity index (χ1n) is 8.85. The van der Waals surface area contributed by atoms with Crippen LogP contribution in [0.3, 0.4) is 0 Å². The van der Waals surface area contributed by atoms with Crippen LogP contribution in [0.1, 0.15) is 21.6 Å². The minimum atomic E-state index is -0.275. The molecule has 0 aliphatic heterocycles. The molecule has 0 unspecified atom stereocenters. The first-order chi connectivity index (χ1) is 14.0. The minimum absolute atomic E-state index is 0.275. The summed E-state index contributed by atoms with van der Waals surface area (Å²) in [6.07, 6.45) is 3.45. The van der Waals surface area contributed by atoms with E-state index in [-0.39, 0.29) is 5.91 Å². The predicted molar refractivity (Wildman–Crippen MR) is 116 cm³/mol. The van der Waals surface area contributed by atoms with Gasteiger partial charge in [0.05, 0.1) is 23.2 Å². The monoisotopic (exact) mass is 422 g/mol. The Morgan fingerprint density at radius 2 is 1.90 bits per heavy atom. The molecule has 0 radical (unpaired) electrons. The Kier molecular flexibility index (Phi) is 5.46. The molecule has 6 nitrogen and oxygen atoms in total. The molecule has 0 bridgehead atoms. The Labute approximate surface area is 176 Å². The van der Waals surface area contributed by atoms with Crippen molar-refractivity contribution in [2.24, 2.45) is 0 Å². The standard InChI is InChI=1S/C21H18N4O2S2/c1-12-6-8-14(9-7-12)15-11-29-21(23-15)25-19(26)17-13(2)22-18(24-20(17)28-3)16-5-4-10-27-16/h4-11H,1-3H3,(H,23,25,26). The fourth-order valence-electron chi connectivity index (χ4n) is 2.82. The molecular weight excluding hydrogens is 404 g/mol. The Bertz CT molecular complexity index is 1150. The maximum atomic E-state index is 12.9. The average molecular weight is 423 g/mol. The van der Waals surface area contributed by atoms with E-state index in [1.807, 2.05) is 42.8 Å². The zero-order chi connectivity index (χ0) is 20.4. The lowest BCUT2D eigenvalue weighted by atomic mass is 10.1. The van der Waals surface area contributed by atoms with Crippen LogP contribution in [-0.4, -0.2) is 27.1 Å². The van der Waals surface area contributed by atoms with Gasteiger partial charge in [-0.25, -0.2) is 15.0 Å². The smallest absolute Gasteiger partial charge is 0.262 e. The molecule has 0 spiro atoms. The van der Waals surface area contributed by atoms with Gasteiger partial charge in [0.2, 0.25) is 0 Å². The highest BCUT2D eigenvalue weighted by molar-refractivity contribution is 7.98. The van der Waals surface area contributed by atoms with E-state index in [2.05, 4.69) is 20.3 Å². The molecule has 4 aromatic rings. The first kappa shape index (κ1) is 19.4. The molecule has 3 heterocycles. The van der Waals surface area contributed by atoms with Gasteiger partial charge in [-0.1, -0.05) is 29.8 Å². The van der Waals surface area contributed by atoms with Crippen molar-refractivity contribution in [1.29, 1.82) is 0 Å². The fraction of sp³-hybridized carbons (Fsp3) is 0.143. The van der Waals surface area contributed by atoms with Gasteiger partial charge in [0.25, 0.3) is 5.91 Å². The average Bonchev–Trinajstić information content (AvgIpc) is 3.40. The molecule has 1 N–H and O–H groups in total. The number of rotatable bonds is 5. The van der Waals surface area contributed by atoms with Crippen LogP contribution in [0.25, 0.3) is 22.8 Å². The van der Waals surface area contributed by atoms with Crippen LogP contribution < -0.4 is 5.32 Å². The lowest BCUT2D eigenvalue weighted by Gasteiger charge is -2.10. The van der Waals surface area contributed by atoms with Gasteiger partial charge in [-0.3, -0.25) is 10.1 Å². The number of hydrogen-bond donors (Lipinski definition) is 1. The molecule has 1 amide bonds. The maximum Gasteiger partial charge on any atom is 0.262 e. The van der Waals surface area contributed by atoms with Crippen LogP contribution in [0.5, 0.6) is 0 Å². The van der Waals surface area contributed by atoms with Crippen molar-refractivity contribution < 1.29 is 9.21 Å². The van der Waals surface area contributed by atoms with Gasteiger partial charge < -0.3 is 4.42 Å². The van der Waals surface area contributed by atoms with Crippen molar-refractivity contribution in [2.45, 2.75) is 18.9 Å². The van der Waals surface area contributed by atoms with E-state index in [0.717, 1.165) is 11.3 Å². The zero-order valence-electron chi connectivity index (χ0n) is 16.1. The summed E-state index contributed by atoms with van der Waals surface area (Å²) in [5, 5.41) is 5.94. The molecule has 29 heavy (non-hydrogen) atoms. The van der Waals surface area contributed by atoms with E-state index in [9.17, 15) is 4.79 Å². The predicted octanol–water partition coefficient (Wildman–Crippen LogP) is 5.45. The second-order valence-corrected chi connectivity index (χ2v) is 8.01. The molecule has 8 heteroatoms. The molecule has 0 aliphatic carbocycles. The number of aryl methyl sites for hydroxylation is 2. The quantitative estimate of drug-likeness (QED) is 0.340. The number of hydrogen-bond acceptors (Lipinski definition) is 7. The van der Waals surface area contributed by atoms with Gasteiger partial charge in [0, 0.05) is 10.9 Å². The van der Waals surface area contributed by atoms with Crippen LogP contribution in [0.4, 0.5) is 5.13 Å². The molecular formula is C21H18N4O2S2. The van der Waals surface area contributed by atoms with Crippen molar-refractivity contribution >= 4 is 34.1 Å². The highest BCUT2D eigenvalue weighted by Gasteiger charge is 2.21. The summed E-state index contributed by atoms with van der Waals surface area (Å²) < 4.78 is 5.38. The van der Waals surface area contributed by atoms with Gasteiger partial charge in [0.1, 0.15) is 5.03 Å². The van der Waals surface area contributed by atoms with E-state index >= 15 is 0 Å². The third-order valence-electron chi connectivity index (χ3n) is 4.29. The number of thiazole rings is 1. The lowest BCUT2D eigenvalue weighted by Crippen LogP contribution is -2.16. The number of nitrogens with zero attached hydrogens (tertiary/aromatic N) is 3. The van der Waals surface area contributed by atoms with Crippen LogP contribution in [0.15, 0.2) is 57.5 Å². The number of thioether (sulfide) groups is 1. The Morgan fingerprint density at radius 1 is 1.10 bits per heavy atom. The van der Waals surface area contributed by atoms with Crippen LogP contribution in [-0.2, 0) is 0 Å². The molecule has 146 valence electrons. The highest BCUT2D eigenvalue weighted by atomic mass is 32.2. The van der Waals surface area contributed by atoms with E-state index < -0.39 is 0 Å². The van der Waals surface area contributed by atoms with E-state index in [4.69, 9.17) is 4.42 Å². The van der Waals surface area contributed by atoms with E-state index in [0.29, 0.717) is 33.0 Å². The van der Waals surface area contributed by atoms with Crippen molar-refractivity contribution in [3.05, 3.63) is 64.9 Å². The number of benzene rings is 1. The summed E-state index contributed by atoms with van der Waals surface area (Å²) in [4.78, 5) is 26.4. The summed E-state index contributed by atoms with van der Waals surface area (Å²) in [6, 6.07) is 11.7. The Balaban J connectivity index is 1.59. The SMILES string of the molecule is CSc1nc(-c2ccco2)nc(C)c1C(=O)Nc1nc(-c2ccc(C)cc2)cs1. The number of carbonyl (C=O) groups excluding carboxylic acids is 1. The topological polar surface area (TPSA) is 80.9 Å². The van der Waals surface area contributed by atoms with E-state index in [1.165, 1.54) is 28.7 Å². The third kappa shape index (κ3) is 4.08. The van der Waals surface area contributed by atoms with Crippen molar-refractivity contribution in [1.82, 2.24) is 15.0 Å². The third-order valence-corrected chi connectivity index (χ3v) is 5.73. The molecule has 1 aromatic carbocycles. The molecule has 0 atom stereocenters. The molecule has 0 saturated carbocycles. The van der Waals surface area contributed by atoms with Gasteiger partial charge in [-0.2, -0.15) is 0 Å². The van der Waals surface area contributed by atoms with Crippen molar-refractivity contribution in [3.63, 3.8) is 0 Å².